The van der Waals surface area contributed by atoms with Gasteiger partial charge in [0.25, 0.3) is 5.91 Å². The second-order valence-electron chi connectivity index (χ2n) is 4.72. The summed E-state index contributed by atoms with van der Waals surface area (Å²) in [6.45, 7) is 0.470. The first-order valence-electron chi connectivity index (χ1n) is 6.19. The van der Waals surface area contributed by atoms with E-state index >= 15 is 0 Å². The van der Waals surface area contributed by atoms with Gasteiger partial charge in [-0.3, -0.25) is 4.79 Å². The Hall–Kier alpha value is -1.57. The van der Waals surface area contributed by atoms with Gasteiger partial charge >= 0.3 is 0 Å². The van der Waals surface area contributed by atoms with Gasteiger partial charge in [-0.1, -0.05) is 23.7 Å². The topological polar surface area (TPSA) is 70.4 Å². The Bertz CT molecular complexity index is 701. The van der Waals surface area contributed by atoms with Crippen LogP contribution in [0.1, 0.15) is 16.1 Å². The van der Waals surface area contributed by atoms with Crippen LogP contribution in [0.4, 0.5) is 5.82 Å². The lowest BCUT2D eigenvalue weighted by molar-refractivity contribution is 0.0746. The summed E-state index contributed by atoms with van der Waals surface area (Å²) in [5.74, 6) is 0.0786. The zero-order chi connectivity index (χ0) is 15.1. The van der Waals surface area contributed by atoms with Crippen molar-refractivity contribution in [1.29, 1.82) is 0 Å². The standard InChI is InChI=1S/C13H12BrClN4O2/c1-18-10-9(11(20)17-13(18)21)19(12(14)16-10)6-7-2-4-8(15)5-3-7/h2-5,13,21H,6H2,1H3,(H,17,20). The third-order valence-electron chi connectivity index (χ3n) is 3.33. The maximum atomic E-state index is 12.1. The molecule has 0 fully saturated rings. The number of amides is 1. The fourth-order valence-corrected chi connectivity index (χ4v) is 2.80. The van der Waals surface area contributed by atoms with Crippen LogP contribution >= 0.6 is 27.5 Å². The van der Waals surface area contributed by atoms with E-state index in [0.717, 1.165) is 5.56 Å². The minimum absolute atomic E-state index is 0.359. The highest BCUT2D eigenvalue weighted by molar-refractivity contribution is 9.10. The fourth-order valence-electron chi connectivity index (χ4n) is 2.20. The molecular formula is C13H12BrClN4O2. The molecule has 3 rings (SSSR count). The summed E-state index contributed by atoms with van der Waals surface area (Å²) in [7, 11) is 1.66. The summed E-state index contributed by atoms with van der Waals surface area (Å²) >= 11 is 9.23. The van der Waals surface area contributed by atoms with Gasteiger partial charge in [0.15, 0.2) is 16.2 Å². The Labute approximate surface area is 134 Å². The number of carbonyl (C=O) groups excluding carboxylic acids is 1. The highest BCUT2D eigenvalue weighted by atomic mass is 79.9. The van der Waals surface area contributed by atoms with Crippen molar-refractivity contribution in [2.75, 3.05) is 11.9 Å². The summed E-state index contributed by atoms with van der Waals surface area (Å²) in [6.07, 6.45) is -1.07. The van der Waals surface area contributed by atoms with Crippen LogP contribution in [0.5, 0.6) is 0 Å². The molecule has 0 bridgehead atoms. The van der Waals surface area contributed by atoms with Gasteiger partial charge in [-0.25, -0.2) is 4.98 Å². The number of imidazole rings is 1. The van der Waals surface area contributed by atoms with Gasteiger partial charge in [0.2, 0.25) is 6.35 Å². The largest absolute Gasteiger partial charge is 0.356 e. The Balaban J connectivity index is 2.02. The number of rotatable bonds is 2. The molecule has 0 aliphatic carbocycles. The number of aliphatic hydroxyl groups is 1. The fraction of sp³-hybridized carbons (Fsp3) is 0.231. The van der Waals surface area contributed by atoms with Crippen LogP contribution in [0.15, 0.2) is 29.0 Å². The first-order chi connectivity index (χ1) is 9.97. The van der Waals surface area contributed by atoms with Crippen molar-refractivity contribution in [3.05, 3.63) is 45.3 Å². The second kappa shape index (κ2) is 5.32. The molecule has 1 aliphatic heterocycles. The zero-order valence-corrected chi connectivity index (χ0v) is 13.4. The number of anilines is 1. The number of aliphatic hydroxyl groups excluding tert-OH is 1. The predicted octanol–water partition coefficient (Wildman–Crippen LogP) is 1.80. The van der Waals surface area contributed by atoms with E-state index in [1.807, 2.05) is 12.1 Å². The van der Waals surface area contributed by atoms with Gasteiger partial charge in [-0.15, -0.1) is 0 Å². The van der Waals surface area contributed by atoms with Crippen molar-refractivity contribution in [3.63, 3.8) is 0 Å². The number of carbonyl (C=O) groups is 1. The monoisotopic (exact) mass is 370 g/mol. The van der Waals surface area contributed by atoms with Gasteiger partial charge in [-0.2, -0.15) is 0 Å². The zero-order valence-electron chi connectivity index (χ0n) is 11.0. The number of halogens is 2. The molecule has 0 saturated heterocycles. The van der Waals surface area contributed by atoms with Crippen LogP contribution in [0.25, 0.3) is 0 Å². The molecule has 1 unspecified atom stereocenters. The molecule has 110 valence electrons. The number of fused-ring (bicyclic) bond motifs is 1. The molecule has 2 aromatic rings. The Morgan fingerprint density at radius 3 is 2.76 bits per heavy atom. The average Bonchev–Trinajstić information content (AvgIpc) is 2.77. The van der Waals surface area contributed by atoms with E-state index in [-0.39, 0.29) is 5.91 Å². The van der Waals surface area contributed by atoms with Gasteiger partial charge in [0.05, 0.1) is 6.54 Å². The van der Waals surface area contributed by atoms with Crippen LogP contribution in [-0.2, 0) is 6.54 Å². The average molecular weight is 372 g/mol. The molecule has 2 N–H and O–H groups in total. The van der Waals surface area contributed by atoms with E-state index in [4.69, 9.17) is 11.6 Å². The number of hydrogen-bond acceptors (Lipinski definition) is 4. The maximum Gasteiger partial charge on any atom is 0.275 e. The quantitative estimate of drug-likeness (QED) is 0.844. The molecular weight excluding hydrogens is 360 g/mol. The minimum atomic E-state index is -1.07. The molecule has 8 heteroatoms. The first kappa shape index (κ1) is 14.4. The Morgan fingerprint density at radius 1 is 1.43 bits per heavy atom. The molecule has 1 amide bonds. The summed E-state index contributed by atoms with van der Waals surface area (Å²) in [6, 6.07) is 7.37. The normalized spacial score (nSPS) is 17.6. The molecule has 2 heterocycles. The van der Waals surface area contributed by atoms with Crippen LogP contribution in [0, 0.1) is 0 Å². The second-order valence-corrected chi connectivity index (χ2v) is 5.87. The Kier molecular flexibility index (Phi) is 3.64. The molecule has 0 spiro atoms. The van der Waals surface area contributed by atoms with Gasteiger partial charge in [-0.05, 0) is 33.6 Å². The maximum absolute atomic E-state index is 12.1. The molecule has 0 radical (unpaired) electrons. The van der Waals surface area contributed by atoms with Crippen molar-refractivity contribution < 1.29 is 9.90 Å². The van der Waals surface area contributed by atoms with Gasteiger partial charge in [0.1, 0.15) is 0 Å². The lowest BCUT2D eigenvalue weighted by Gasteiger charge is -2.29. The molecule has 1 atom stereocenters. The lowest BCUT2D eigenvalue weighted by atomic mass is 10.2. The van der Waals surface area contributed by atoms with Crippen LogP contribution in [-0.4, -0.2) is 34.0 Å². The molecule has 21 heavy (non-hydrogen) atoms. The number of nitrogens with one attached hydrogen (secondary N) is 1. The van der Waals surface area contributed by atoms with Crippen molar-refractivity contribution in [2.24, 2.45) is 0 Å². The first-order valence-corrected chi connectivity index (χ1v) is 7.36. The van der Waals surface area contributed by atoms with Crippen molar-refractivity contribution >= 4 is 39.3 Å². The third-order valence-corrected chi connectivity index (χ3v) is 4.19. The summed E-state index contributed by atoms with van der Waals surface area (Å²) in [5.41, 5.74) is 1.39. The molecule has 6 nitrogen and oxygen atoms in total. The molecule has 0 saturated carbocycles. The van der Waals surface area contributed by atoms with E-state index in [9.17, 15) is 9.90 Å². The summed E-state index contributed by atoms with van der Waals surface area (Å²) in [5, 5.41) is 12.9. The number of benzene rings is 1. The molecule has 1 aliphatic rings. The summed E-state index contributed by atoms with van der Waals surface area (Å²) in [4.78, 5) is 17.9. The van der Waals surface area contributed by atoms with E-state index in [0.29, 0.717) is 27.8 Å². The minimum Gasteiger partial charge on any atom is -0.356 e. The van der Waals surface area contributed by atoms with Crippen molar-refractivity contribution in [2.45, 2.75) is 12.9 Å². The van der Waals surface area contributed by atoms with E-state index in [1.165, 1.54) is 4.90 Å². The highest BCUT2D eigenvalue weighted by Crippen LogP contribution is 2.28. The van der Waals surface area contributed by atoms with Gasteiger partial charge in [0, 0.05) is 12.1 Å². The van der Waals surface area contributed by atoms with Crippen molar-refractivity contribution in [1.82, 2.24) is 14.9 Å². The van der Waals surface area contributed by atoms with E-state index in [1.54, 1.807) is 23.7 Å². The smallest absolute Gasteiger partial charge is 0.275 e. The Morgan fingerprint density at radius 2 is 2.10 bits per heavy atom. The third kappa shape index (κ3) is 2.52. The SMILES string of the molecule is CN1c2nc(Br)n(Cc3ccc(Cl)cc3)c2C(=O)NC1O. The number of hydrogen-bond donors (Lipinski definition) is 2. The van der Waals surface area contributed by atoms with Crippen LogP contribution in [0.3, 0.4) is 0 Å². The number of aromatic nitrogens is 2. The van der Waals surface area contributed by atoms with Crippen LogP contribution < -0.4 is 10.2 Å². The van der Waals surface area contributed by atoms with Gasteiger partial charge < -0.3 is 19.9 Å². The van der Waals surface area contributed by atoms with E-state index in [2.05, 4.69) is 26.2 Å². The lowest BCUT2D eigenvalue weighted by Crippen LogP contribution is -2.51. The predicted molar refractivity (Wildman–Crippen MR) is 82.4 cm³/mol. The number of nitrogens with zero attached hydrogens (tertiary/aromatic N) is 3. The van der Waals surface area contributed by atoms with E-state index < -0.39 is 6.35 Å². The van der Waals surface area contributed by atoms with Crippen molar-refractivity contribution in [3.8, 4) is 0 Å². The molecule has 1 aromatic carbocycles. The summed E-state index contributed by atoms with van der Waals surface area (Å²) < 4.78 is 2.27. The highest BCUT2D eigenvalue weighted by Gasteiger charge is 2.33. The van der Waals surface area contributed by atoms with Crippen LogP contribution in [0.2, 0.25) is 5.02 Å². The molecule has 1 aromatic heterocycles.